The van der Waals surface area contributed by atoms with Gasteiger partial charge in [-0.2, -0.15) is 5.26 Å². The largest absolute Gasteiger partial charge is 0.468 e. The van der Waals surface area contributed by atoms with Crippen LogP contribution in [-0.4, -0.2) is 28.9 Å². The second-order valence-electron chi connectivity index (χ2n) is 2.15. The number of esters is 1. The van der Waals surface area contributed by atoms with Crippen LogP contribution >= 0.6 is 24.0 Å². The van der Waals surface area contributed by atoms with E-state index in [4.69, 9.17) is 23.2 Å². The Morgan fingerprint density at radius 1 is 1.71 bits per heavy atom. The first-order valence-electron chi connectivity index (χ1n) is 3.45. The minimum absolute atomic E-state index is 0.0270. The van der Waals surface area contributed by atoms with E-state index >= 15 is 0 Å². The molecular formula is C7H8N2O3S2. The summed E-state index contributed by atoms with van der Waals surface area (Å²) in [6, 6.07) is 1.65. The summed E-state index contributed by atoms with van der Waals surface area (Å²) in [7, 11) is 1.24. The number of nitrogens with zero attached hydrogens (tertiary/aromatic N) is 1. The highest BCUT2D eigenvalue weighted by molar-refractivity contribution is 8.23. The molecule has 0 aromatic rings. The van der Waals surface area contributed by atoms with Gasteiger partial charge in [0, 0.05) is 0 Å². The molecule has 14 heavy (non-hydrogen) atoms. The maximum absolute atomic E-state index is 10.7. The van der Waals surface area contributed by atoms with Crippen molar-refractivity contribution < 1.29 is 14.3 Å². The molecule has 0 saturated heterocycles. The number of carbonyl (C=O) groups is 2. The number of thiocarbonyl (C=S) groups is 1. The Bertz CT molecular complexity index is 298. The zero-order valence-corrected chi connectivity index (χ0v) is 8.98. The Morgan fingerprint density at radius 2 is 2.29 bits per heavy atom. The Balaban J connectivity index is 4.15. The summed E-state index contributed by atoms with van der Waals surface area (Å²) in [4.78, 5) is 21.4. The third-order valence-electron chi connectivity index (χ3n) is 1.21. The van der Waals surface area contributed by atoms with Crippen LogP contribution in [0.3, 0.4) is 0 Å². The SMILES string of the molecule is COC(=O)CSC(=S)C(C#N)C(N)=O. The van der Waals surface area contributed by atoms with Crippen LogP contribution in [-0.2, 0) is 14.3 Å². The first-order valence-corrected chi connectivity index (χ1v) is 4.84. The van der Waals surface area contributed by atoms with Gasteiger partial charge in [0.15, 0.2) is 5.92 Å². The van der Waals surface area contributed by atoms with Gasteiger partial charge in [0.25, 0.3) is 0 Å². The van der Waals surface area contributed by atoms with Crippen LogP contribution in [0.4, 0.5) is 0 Å². The van der Waals surface area contributed by atoms with E-state index in [1.54, 1.807) is 6.07 Å². The number of nitrogens with two attached hydrogens (primary N) is 1. The summed E-state index contributed by atoms with van der Waals surface area (Å²) < 4.78 is 4.44. The number of ether oxygens (including phenoxy) is 1. The minimum atomic E-state index is -1.14. The van der Waals surface area contributed by atoms with Crippen molar-refractivity contribution in [1.29, 1.82) is 5.26 Å². The van der Waals surface area contributed by atoms with Gasteiger partial charge in [0.1, 0.15) is 0 Å². The summed E-state index contributed by atoms with van der Waals surface area (Å²) in [6.45, 7) is 0. The van der Waals surface area contributed by atoms with Crippen molar-refractivity contribution in [2.45, 2.75) is 0 Å². The fourth-order valence-corrected chi connectivity index (χ4v) is 1.56. The summed E-state index contributed by atoms with van der Waals surface area (Å²) in [5, 5.41) is 8.52. The second-order valence-corrected chi connectivity index (χ2v) is 3.86. The van der Waals surface area contributed by atoms with Gasteiger partial charge >= 0.3 is 5.97 Å². The lowest BCUT2D eigenvalue weighted by Gasteiger charge is -2.04. The highest BCUT2D eigenvalue weighted by Crippen LogP contribution is 2.13. The summed E-state index contributed by atoms with van der Waals surface area (Å²) in [5.41, 5.74) is 4.91. The summed E-state index contributed by atoms with van der Waals surface area (Å²) in [6.07, 6.45) is 0. The molecule has 76 valence electrons. The molecular weight excluding hydrogens is 224 g/mol. The topological polar surface area (TPSA) is 93.2 Å². The number of hydrogen-bond donors (Lipinski definition) is 1. The first-order chi connectivity index (χ1) is 6.52. The monoisotopic (exact) mass is 232 g/mol. The van der Waals surface area contributed by atoms with E-state index in [1.165, 1.54) is 7.11 Å². The standard InChI is InChI=1S/C7H8N2O3S2/c1-12-5(10)3-14-7(13)4(2-8)6(9)11/h4H,3H2,1H3,(H2,9,11). The Hall–Kier alpha value is -1.13. The predicted molar refractivity (Wildman–Crippen MR) is 55.4 cm³/mol. The molecule has 1 atom stereocenters. The van der Waals surface area contributed by atoms with Gasteiger partial charge in [0.05, 0.1) is 23.1 Å². The fraction of sp³-hybridized carbons (Fsp3) is 0.429. The lowest BCUT2D eigenvalue weighted by Crippen LogP contribution is -2.27. The second kappa shape index (κ2) is 6.34. The maximum atomic E-state index is 10.7. The molecule has 0 aliphatic carbocycles. The van der Waals surface area contributed by atoms with Gasteiger partial charge < -0.3 is 10.5 Å². The van der Waals surface area contributed by atoms with Gasteiger partial charge in [-0.1, -0.05) is 12.2 Å². The molecule has 5 nitrogen and oxygen atoms in total. The van der Waals surface area contributed by atoms with E-state index in [2.05, 4.69) is 4.74 Å². The lowest BCUT2D eigenvalue weighted by atomic mass is 10.2. The zero-order valence-electron chi connectivity index (χ0n) is 7.35. The molecule has 2 N–H and O–H groups in total. The van der Waals surface area contributed by atoms with E-state index in [9.17, 15) is 9.59 Å². The molecule has 0 aromatic heterocycles. The number of thioether (sulfide) groups is 1. The number of hydrogen-bond acceptors (Lipinski definition) is 6. The van der Waals surface area contributed by atoms with Crippen LogP contribution in [0.25, 0.3) is 0 Å². The van der Waals surface area contributed by atoms with Gasteiger partial charge in [-0.15, -0.1) is 11.8 Å². The number of nitriles is 1. The average Bonchev–Trinajstić information content (AvgIpc) is 2.14. The predicted octanol–water partition coefficient (Wildman–Crippen LogP) is -0.155. The smallest absolute Gasteiger partial charge is 0.316 e. The van der Waals surface area contributed by atoms with Gasteiger partial charge in [-0.05, 0) is 0 Å². The van der Waals surface area contributed by atoms with Crippen molar-refractivity contribution in [1.82, 2.24) is 0 Å². The van der Waals surface area contributed by atoms with Gasteiger partial charge in [0.2, 0.25) is 5.91 Å². The number of rotatable bonds is 4. The van der Waals surface area contributed by atoms with E-state index in [-0.39, 0.29) is 9.95 Å². The van der Waals surface area contributed by atoms with Gasteiger partial charge in [-0.3, -0.25) is 9.59 Å². The Morgan fingerprint density at radius 3 is 2.64 bits per heavy atom. The van der Waals surface area contributed by atoms with Crippen LogP contribution in [0.1, 0.15) is 0 Å². The third-order valence-corrected chi connectivity index (χ3v) is 2.70. The van der Waals surface area contributed by atoms with Crippen LogP contribution in [0, 0.1) is 17.2 Å². The van der Waals surface area contributed by atoms with Gasteiger partial charge in [-0.25, -0.2) is 0 Å². The fourth-order valence-electron chi connectivity index (χ4n) is 0.505. The number of methoxy groups -OCH3 is 1. The molecule has 0 fully saturated rings. The highest BCUT2D eigenvalue weighted by Gasteiger charge is 2.21. The molecule has 0 spiro atoms. The van der Waals surface area contributed by atoms with Crippen molar-refractivity contribution in [2.75, 3.05) is 12.9 Å². The molecule has 0 aliphatic heterocycles. The Kier molecular flexibility index (Phi) is 5.83. The van der Waals surface area contributed by atoms with Crippen LogP contribution in [0.2, 0.25) is 0 Å². The highest BCUT2D eigenvalue weighted by atomic mass is 32.2. The normalized spacial score (nSPS) is 11.1. The molecule has 0 bridgehead atoms. The van der Waals surface area contributed by atoms with Crippen molar-refractivity contribution >= 4 is 40.1 Å². The van der Waals surface area contributed by atoms with E-state index in [0.29, 0.717) is 0 Å². The molecule has 7 heteroatoms. The molecule has 0 heterocycles. The molecule has 1 unspecified atom stereocenters. The Labute approximate surface area is 90.6 Å². The number of carbonyl (C=O) groups excluding carboxylic acids is 2. The summed E-state index contributed by atoms with van der Waals surface area (Å²) in [5.74, 6) is -2.45. The quantitative estimate of drug-likeness (QED) is 0.535. The first kappa shape index (κ1) is 12.9. The van der Waals surface area contributed by atoms with Crippen molar-refractivity contribution in [3.8, 4) is 6.07 Å². The third kappa shape index (κ3) is 4.20. The van der Waals surface area contributed by atoms with E-state index < -0.39 is 17.8 Å². The molecule has 0 rings (SSSR count). The van der Waals surface area contributed by atoms with Crippen LogP contribution in [0.5, 0.6) is 0 Å². The minimum Gasteiger partial charge on any atom is -0.468 e. The van der Waals surface area contributed by atoms with E-state index in [0.717, 1.165) is 11.8 Å². The average molecular weight is 232 g/mol. The summed E-state index contributed by atoms with van der Waals surface area (Å²) >= 11 is 5.65. The van der Waals surface area contributed by atoms with Crippen LogP contribution < -0.4 is 5.73 Å². The zero-order chi connectivity index (χ0) is 11.1. The van der Waals surface area contributed by atoms with Crippen LogP contribution in [0.15, 0.2) is 0 Å². The van der Waals surface area contributed by atoms with Crippen molar-refractivity contribution in [3.63, 3.8) is 0 Å². The maximum Gasteiger partial charge on any atom is 0.316 e. The molecule has 0 aliphatic rings. The molecule has 0 radical (unpaired) electrons. The van der Waals surface area contributed by atoms with E-state index in [1.807, 2.05) is 0 Å². The van der Waals surface area contributed by atoms with Crippen molar-refractivity contribution in [3.05, 3.63) is 0 Å². The molecule has 0 aromatic carbocycles. The lowest BCUT2D eigenvalue weighted by molar-refractivity contribution is -0.137. The number of primary amides is 1. The molecule has 1 amide bonds. The number of amides is 1. The molecule has 0 saturated carbocycles. The van der Waals surface area contributed by atoms with Crippen molar-refractivity contribution in [2.24, 2.45) is 11.7 Å².